The first-order valence-corrected chi connectivity index (χ1v) is 6.73. The molecule has 1 aromatic heterocycles. The van der Waals surface area contributed by atoms with Crippen LogP contribution in [0, 0.1) is 6.92 Å². The monoisotopic (exact) mass is 266 g/mol. The summed E-state index contributed by atoms with van der Waals surface area (Å²) >= 11 is 0. The fourth-order valence-corrected chi connectivity index (χ4v) is 3.22. The van der Waals surface area contributed by atoms with Gasteiger partial charge >= 0.3 is 5.63 Å². The second kappa shape index (κ2) is 4.35. The van der Waals surface area contributed by atoms with E-state index in [1.807, 2.05) is 0 Å². The molecule has 5 heteroatoms. The molecule has 19 heavy (non-hydrogen) atoms. The zero-order chi connectivity index (χ0) is 13.6. The molecule has 1 spiro atoms. The van der Waals surface area contributed by atoms with Gasteiger partial charge in [0.2, 0.25) is 0 Å². The lowest BCUT2D eigenvalue weighted by Gasteiger charge is -2.46. The number of hydrogen-bond acceptors (Lipinski definition) is 5. The Labute approximate surface area is 110 Å². The van der Waals surface area contributed by atoms with Crippen molar-refractivity contribution in [3.63, 3.8) is 0 Å². The molecular weight excluding hydrogens is 248 g/mol. The van der Waals surface area contributed by atoms with Gasteiger partial charge in [0.05, 0.1) is 0 Å². The van der Waals surface area contributed by atoms with Crippen molar-refractivity contribution >= 4 is 0 Å². The highest BCUT2D eigenvalue weighted by molar-refractivity contribution is 5.37. The number of fused-ring (bicyclic) bond motifs is 1. The molecule has 2 atom stereocenters. The maximum Gasteiger partial charge on any atom is 0.345 e. The lowest BCUT2D eigenvalue weighted by atomic mass is 9.76. The highest BCUT2D eigenvalue weighted by Crippen LogP contribution is 2.45. The average molecular weight is 266 g/mol. The number of aliphatic hydroxyl groups excluding tert-OH is 2. The van der Waals surface area contributed by atoms with E-state index in [-0.39, 0.29) is 5.56 Å². The Hall–Kier alpha value is -1.33. The quantitative estimate of drug-likeness (QED) is 0.742. The van der Waals surface area contributed by atoms with Crippen molar-refractivity contribution in [3.05, 3.63) is 27.8 Å². The van der Waals surface area contributed by atoms with E-state index in [2.05, 4.69) is 0 Å². The highest BCUT2D eigenvalue weighted by atomic mass is 16.5. The topological polar surface area (TPSA) is 79.9 Å². The third-order valence-corrected chi connectivity index (χ3v) is 4.22. The van der Waals surface area contributed by atoms with Crippen LogP contribution < -0.4 is 10.4 Å². The van der Waals surface area contributed by atoms with Gasteiger partial charge in [0.25, 0.3) is 0 Å². The lowest BCUT2D eigenvalue weighted by molar-refractivity contribution is -0.145. The van der Waals surface area contributed by atoms with Crippen LogP contribution in [0.4, 0.5) is 0 Å². The molecule has 1 fully saturated rings. The summed E-state index contributed by atoms with van der Waals surface area (Å²) in [5, 5.41) is 20.6. The van der Waals surface area contributed by atoms with Gasteiger partial charge < -0.3 is 19.4 Å². The fourth-order valence-electron chi connectivity index (χ4n) is 3.22. The van der Waals surface area contributed by atoms with E-state index >= 15 is 0 Å². The first-order chi connectivity index (χ1) is 9.03. The fraction of sp³-hybridized carbons (Fsp3) is 0.643. The molecule has 1 saturated carbocycles. The predicted octanol–water partition coefficient (Wildman–Crippen LogP) is 1.44. The van der Waals surface area contributed by atoms with Crippen LogP contribution in [0.2, 0.25) is 0 Å². The molecule has 0 bridgehead atoms. The third kappa shape index (κ3) is 1.88. The normalized spacial score (nSPS) is 28.8. The van der Waals surface area contributed by atoms with Gasteiger partial charge in [0, 0.05) is 6.07 Å². The molecule has 2 aliphatic rings. The summed E-state index contributed by atoms with van der Waals surface area (Å²) in [5.74, 6) is 0.798. The first-order valence-electron chi connectivity index (χ1n) is 6.73. The minimum atomic E-state index is -1.24. The van der Waals surface area contributed by atoms with E-state index in [0.29, 0.717) is 24.4 Å². The minimum Gasteiger partial charge on any atom is -0.484 e. The molecule has 0 unspecified atom stereocenters. The van der Waals surface area contributed by atoms with E-state index in [0.717, 1.165) is 19.3 Å². The molecule has 2 N–H and O–H groups in total. The van der Waals surface area contributed by atoms with E-state index in [1.165, 1.54) is 0 Å². The Balaban J connectivity index is 2.10. The van der Waals surface area contributed by atoms with Gasteiger partial charge in [0.15, 0.2) is 0 Å². The number of aryl methyl sites for hydroxylation is 1. The van der Waals surface area contributed by atoms with Gasteiger partial charge in [-0.3, -0.25) is 0 Å². The first kappa shape index (κ1) is 12.7. The van der Waals surface area contributed by atoms with Crippen molar-refractivity contribution in [1.82, 2.24) is 0 Å². The Morgan fingerprint density at radius 2 is 1.95 bits per heavy atom. The molecule has 0 aromatic carbocycles. The van der Waals surface area contributed by atoms with Crippen LogP contribution in [0.5, 0.6) is 5.75 Å². The van der Waals surface area contributed by atoms with Gasteiger partial charge in [-0.15, -0.1) is 0 Å². The van der Waals surface area contributed by atoms with E-state index < -0.39 is 23.4 Å². The zero-order valence-electron chi connectivity index (χ0n) is 10.9. The molecule has 1 aromatic rings. The van der Waals surface area contributed by atoms with Crippen molar-refractivity contribution in [1.29, 1.82) is 0 Å². The molecule has 0 radical (unpaired) electrons. The van der Waals surface area contributed by atoms with Crippen molar-refractivity contribution < 1.29 is 19.4 Å². The largest absolute Gasteiger partial charge is 0.484 e. The summed E-state index contributed by atoms with van der Waals surface area (Å²) < 4.78 is 10.9. The van der Waals surface area contributed by atoms with Crippen LogP contribution in [0.25, 0.3) is 0 Å². The summed E-state index contributed by atoms with van der Waals surface area (Å²) in [6.45, 7) is 1.66. The summed E-state index contributed by atoms with van der Waals surface area (Å²) in [7, 11) is 0. The summed E-state index contributed by atoms with van der Waals surface area (Å²) in [6, 6.07) is 1.61. The minimum absolute atomic E-state index is 0.0364. The molecule has 104 valence electrons. The van der Waals surface area contributed by atoms with Crippen LogP contribution in [0.1, 0.15) is 49.5 Å². The average Bonchev–Trinajstić information content (AvgIpc) is 2.36. The van der Waals surface area contributed by atoms with Crippen molar-refractivity contribution in [3.8, 4) is 5.75 Å². The molecule has 1 aliphatic carbocycles. The zero-order valence-corrected chi connectivity index (χ0v) is 10.9. The van der Waals surface area contributed by atoms with Gasteiger partial charge in [-0.05, 0) is 32.6 Å². The highest BCUT2D eigenvalue weighted by Gasteiger charge is 2.50. The maximum atomic E-state index is 11.8. The smallest absolute Gasteiger partial charge is 0.345 e. The molecule has 0 saturated heterocycles. The predicted molar refractivity (Wildman–Crippen MR) is 67.1 cm³/mol. The van der Waals surface area contributed by atoms with Crippen LogP contribution in [0.3, 0.4) is 0 Å². The molecular formula is C14H18O5. The lowest BCUT2D eigenvalue weighted by Crippen LogP contribution is -2.55. The van der Waals surface area contributed by atoms with E-state index in [4.69, 9.17) is 9.15 Å². The van der Waals surface area contributed by atoms with Crippen LogP contribution in [0.15, 0.2) is 15.3 Å². The Morgan fingerprint density at radius 3 is 2.63 bits per heavy atom. The molecule has 1 aliphatic heterocycles. The second-order valence-corrected chi connectivity index (χ2v) is 5.54. The number of ether oxygens (including phenoxy) is 1. The van der Waals surface area contributed by atoms with Crippen molar-refractivity contribution in [2.24, 2.45) is 0 Å². The molecule has 3 rings (SSSR count). The number of aliphatic hydroxyl groups is 2. The summed E-state index contributed by atoms with van der Waals surface area (Å²) in [5.41, 5.74) is -1.35. The standard InChI is InChI=1S/C14H18O5/c1-8-7-9-10(13(17)18-8)11(15)12(16)14(19-9)5-3-2-4-6-14/h7,11-12,15-16H,2-6H2,1H3/t11-,12-/m1/s1. The second-order valence-electron chi connectivity index (χ2n) is 5.54. The van der Waals surface area contributed by atoms with E-state index in [1.54, 1.807) is 13.0 Å². The Morgan fingerprint density at radius 1 is 1.26 bits per heavy atom. The maximum absolute atomic E-state index is 11.8. The molecule has 5 nitrogen and oxygen atoms in total. The van der Waals surface area contributed by atoms with Crippen LogP contribution in [-0.4, -0.2) is 21.9 Å². The van der Waals surface area contributed by atoms with Crippen molar-refractivity contribution in [2.75, 3.05) is 0 Å². The molecule has 0 amide bonds. The van der Waals surface area contributed by atoms with E-state index in [9.17, 15) is 15.0 Å². The molecule has 2 heterocycles. The van der Waals surface area contributed by atoms with Gasteiger partial charge in [-0.25, -0.2) is 4.79 Å². The van der Waals surface area contributed by atoms with Gasteiger partial charge in [-0.1, -0.05) is 6.42 Å². The summed E-state index contributed by atoms with van der Waals surface area (Å²) in [6.07, 6.45) is 2.11. The van der Waals surface area contributed by atoms with Gasteiger partial charge in [-0.2, -0.15) is 0 Å². The third-order valence-electron chi connectivity index (χ3n) is 4.22. The number of hydrogen-bond donors (Lipinski definition) is 2. The Bertz CT molecular complexity index is 541. The van der Waals surface area contributed by atoms with Crippen LogP contribution in [-0.2, 0) is 0 Å². The van der Waals surface area contributed by atoms with Crippen molar-refractivity contribution in [2.45, 2.75) is 56.8 Å². The van der Waals surface area contributed by atoms with Gasteiger partial charge in [0.1, 0.15) is 34.9 Å². The van der Waals surface area contributed by atoms with Crippen LogP contribution >= 0.6 is 0 Å². The Kier molecular flexibility index (Phi) is 2.91. The number of rotatable bonds is 0. The SMILES string of the molecule is Cc1cc2c(c(=O)o1)[C@@H](O)[C@@H](O)C1(CCCCC1)O2. The summed E-state index contributed by atoms with van der Waals surface area (Å²) in [4.78, 5) is 11.8.